The molecular weight excluding hydrogens is 232 g/mol. The van der Waals surface area contributed by atoms with E-state index in [-0.39, 0.29) is 5.91 Å². The molecule has 0 atom stereocenters. The lowest BCUT2D eigenvalue weighted by atomic mass is 10.1. The van der Waals surface area contributed by atoms with Crippen LogP contribution in [0.15, 0.2) is 24.3 Å². The average molecular weight is 246 g/mol. The van der Waals surface area contributed by atoms with E-state index in [9.17, 15) is 4.79 Å². The van der Waals surface area contributed by atoms with Gasteiger partial charge in [0.2, 0.25) is 5.91 Å². The molecule has 0 spiro atoms. The number of amides is 1. The Labute approximate surface area is 105 Å². The molecule has 0 bridgehead atoms. The van der Waals surface area contributed by atoms with Crippen molar-refractivity contribution in [3.8, 4) is 11.3 Å². The van der Waals surface area contributed by atoms with Crippen LogP contribution in [0.4, 0.5) is 5.00 Å². The summed E-state index contributed by atoms with van der Waals surface area (Å²) in [7, 11) is 0. The molecule has 0 aliphatic rings. The fourth-order valence-electron chi connectivity index (χ4n) is 1.58. The highest BCUT2D eigenvalue weighted by Gasteiger charge is 2.11. The van der Waals surface area contributed by atoms with E-state index in [2.05, 4.69) is 10.3 Å². The first kappa shape index (κ1) is 11.8. The summed E-state index contributed by atoms with van der Waals surface area (Å²) in [6, 6.07) is 8.13. The van der Waals surface area contributed by atoms with Gasteiger partial charge in [0.1, 0.15) is 10.7 Å². The smallest absolute Gasteiger partial charge is 0.221 e. The molecule has 1 amide bonds. The third kappa shape index (κ3) is 2.71. The molecule has 1 N–H and O–H groups in total. The molecule has 17 heavy (non-hydrogen) atoms. The molecule has 3 nitrogen and oxygen atoms in total. The Morgan fingerprint density at radius 3 is 2.47 bits per heavy atom. The van der Waals surface area contributed by atoms with Crippen molar-refractivity contribution in [3.63, 3.8) is 0 Å². The van der Waals surface area contributed by atoms with Crippen molar-refractivity contribution in [1.29, 1.82) is 0 Å². The van der Waals surface area contributed by atoms with Crippen molar-refractivity contribution in [2.75, 3.05) is 5.32 Å². The van der Waals surface area contributed by atoms with Crippen LogP contribution in [0.2, 0.25) is 0 Å². The summed E-state index contributed by atoms with van der Waals surface area (Å²) in [6.45, 7) is 5.49. The van der Waals surface area contributed by atoms with Gasteiger partial charge in [0.05, 0.1) is 5.01 Å². The van der Waals surface area contributed by atoms with Gasteiger partial charge in [0.25, 0.3) is 0 Å². The molecule has 0 unspecified atom stereocenters. The maximum atomic E-state index is 11.1. The van der Waals surface area contributed by atoms with Gasteiger partial charge in [-0.25, -0.2) is 4.98 Å². The first-order valence-corrected chi connectivity index (χ1v) is 6.20. The topological polar surface area (TPSA) is 42.0 Å². The molecule has 1 aromatic heterocycles. The minimum atomic E-state index is -0.0676. The van der Waals surface area contributed by atoms with Crippen LogP contribution in [0.25, 0.3) is 11.3 Å². The van der Waals surface area contributed by atoms with E-state index in [4.69, 9.17) is 0 Å². The number of anilines is 1. The Hall–Kier alpha value is -1.68. The molecule has 0 radical (unpaired) electrons. The quantitative estimate of drug-likeness (QED) is 0.882. The molecule has 0 fully saturated rings. The van der Waals surface area contributed by atoms with Gasteiger partial charge in [0, 0.05) is 12.5 Å². The van der Waals surface area contributed by atoms with Crippen LogP contribution in [0.1, 0.15) is 17.5 Å². The van der Waals surface area contributed by atoms with Crippen LogP contribution in [0.5, 0.6) is 0 Å². The lowest BCUT2D eigenvalue weighted by Crippen LogP contribution is -2.05. The summed E-state index contributed by atoms with van der Waals surface area (Å²) in [4.78, 5) is 15.6. The fourth-order valence-corrected chi connectivity index (χ4v) is 2.47. The van der Waals surface area contributed by atoms with Gasteiger partial charge in [0.15, 0.2) is 0 Å². The summed E-state index contributed by atoms with van der Waals surface area (Å²) in [5.74, 6) is -0.0676. The minimum absolute atomic E-state index is 0.0676. The second kappa shape index (κ2) is 4.67. The number of aryl methyl sites for hydroxylation is 2. The number of hydrogen-bond donors (Lipinski definition) is 1. The van der Waals surface area contributed by atoms with Crippen LogP contribution in [-0.2, 0) is 4.79 Å². The lowest BCUT2D eigenvalue weighted by Gasteiger charge is -2.03. The molecule has 0 saturated heterocycles. The van der Waals surface area contributed by atoms with Crippen LogP contribution < -0.4 is 5.32 Å². The number of nitrogens with zero attached hydrogens (tertiary/aromatic N) is 1. The first-order valence-electron chi connectivity index (χ1n) is 5.38. The van der Waals surface area contributed by atoms with E-state index in [1.165, 1.54) is 23.8 Å². The van der Waals surface area contributed by atoms with E-state index < -0.39 is 0 Å². The molecule has 1 aromatic carbocycles. The third-order valence-electron chi connectivity index (χ3n) is 2.35. The summed E-state index contributed by atoms with van der Waals surface area (Å²) >= 11 is 1.50. The second-order valence-corrected chi connectivity index (χ2v) is 5.16. The number of benzene rings is 1. The highest BCUT2D eigenvalue weighted by atomic mass is 32.1. The second-order valence-electron chi connectivity index (χ2n) is 3.96. The number of aromatic nitrogens is 1. The molecule has 0 saturated carbocycles. The van der Waals surface area contributed by atoms with Crippen molar-refractivity contribution in [3.05, 3.63) is 34.8 Å². The Balaban J connectivity index is 2.43. The molecule has 1 heterocycles. The summed E-state index contributed by atoms with van der Waals surface area (Å²) < 4.78 is 0. The monoisotopic (exact) mass is 246 g/mol. The summed E-state index contributed by atoms with van der Waals surface area (Å²) in [5, 5.41) is 4.59. The van der Waals surface area contributed by atoms with Gasteiger partial charge in [-0.1, -0.05) is 29.8 Å². The SMILES string of the molecule is CC(=O)Nc1sc(C)nc1-c1ccc(C)cc1. The Morgan fingerprint density at radius 2 is 1.88 bits per heavy atom. The van der Waals surface area contributed by atoms with Gasteiger partial charge in [-0.3, -0.25) is 4.79 Å². The van der Waals surface area contributed by atoms with E-state index in [0.717, 1.165) is 21.3 Å². The normalized spacial score (nSPS) is 10.3. The number of carbonyl (C=O) groups excluding carboxylic acids is 1. The fraction of sp³-hybridized carbons (Fsp3) is 0.231. The highest BCUT2D eigenvalue weighted by molar-refractivity contribution is 7.16. The van der Waals surface area contributed by atoms with E-state index in [1.807, 2.05) is 38.1 Å². The van der Waals surface area contributed by atoms with Crippen molar-refractivity contribution < 1.29 is 4.79 Å². The molecule has 2 rings (SSSR count). The number of nitrogens with one attached hydrogen (secondary N) is 1. The van der Waals surface area contributed by atoms with Crippen LogP contribution in [0.3, 0.4) is 0 Å². The van der Waals surface area contributed by atoms with Crippen LogP contribution in [0, 0.1) is 13.8 Å². The number of hydrogen-bond acceptors (Lipinski definition) is 3. The Kier molecular flexibility index (Phi) is 3.24. The van der Waals surface area contributed by atoms with Gasteiger partial charge >= 0.3 is 0 Å². The molecule has 0 aliphatic heterocycles. The highest BCUT2D eigenvalue weighted by Crippen LogP contribution is 2.32. The largest absolute Gasteiger partial charge is 0.316 e. The maximum absolute atomic E-state index is 11.1. The summed E-state index contributed by atoms with van der Waals surface area (Å²) in [6.07, 6.45) is 0. The molecular formula is C13H14N2OS. The third-order valence-corrected chi connectivity index (χ3v) is 3.23. The van der Waals surface area contributed by atoms with E-state index in [1.54, 1.807) is 0 Å². The Bertz CT molecular complexity index is 543. The van der Waals surface area contributed by atoms with Crippen molar-refractivity contribution in [2.24, 2.45) is 0 Å². The standard InChI is InChI=1S/C13H14N2OS/c1-8-4-6-11(7-5-8)12-13(14-9(2)16)17-10(3)15-12/h4-7H,1-3H3,(H,14,16). The van der Waals surface area contributed by atoms with Gasteiger partial charge in [-0.05, 0) is 13.8 Å². The van der Waals surface area contributed by atoms with Crippen molar-refractivity contribution in [2.45, 2.75) is 20.8 Å². The van der Waals surface area contributed by atoms with Gasteiger partial charge in [-0.15, -0.1) is 11.3 Å². The minimum Gasteiger partial charge on any atom is -0.316 e. The Morgan fingerprint density at radius 1 is 1.24 bits per heavy atom. The van der Waals surface area contributed by atoms with Crippen LogP contribution in [-0.4, -0.2) is 10.9 Å². The van der Waals surface area contributed by atoms with Crippen molar-refractivity contribution in [1.82, 2.24) is 4.98 Å². The van der Waals surface area contributed by atoms with E-state index >= 15 is 0 Å². The number of rotatable bonds is 2. The first-order chi connectivity index (χ1) is 8.06. The molecule has 4 heteroatoms. The molecule has 2 aromatic rings. The van der Waals surface area contributed by atoms with E-state index in [0.29, 0.717) is 0 Å². The molecule has 88 valence electrons. The predicted octanol–water partition coefficient (Wildman–Crippen LogP) is 3.39. The number of thiazole rings is 1. The molecule has 0 aliphatic carbocycles. The van der Waals surface area contributed by atoms with Crippen molar-refractivity contribution >= 4 is 22.2 Å². The van der Waals surface area contributed by atoms with Gasteiger partial charge in [-0.2, -0.15) is 0 Å². The zero-order chi connectivity index (χ0) is 12.4. The average Bonchev–Trinajstić information content (AvgIpc) is 2.59. The predicted molar refractivity (Wildman–Crippen MR) is 71.3 cm³/mol. The lowest BCUT2D eigenvalue weighted by molar-refractivity contribution is -0.114. The van der Waals surface area contributed by atoms with Gasteiger partial charge < -0.3 is 5.32 Å². The zero-order valence-corrected chi connectivity index (χ0v) is 10.9. The maximum Gasteiger partial charge on any atom is 0.221 e. The zero-order valence-electron chi connectivity index (χ0n) is 10.1. The summed E-state index contributed by atoms with van der Waals surface area (Å²) in [5.41, 5.74) is 3.09. The van der Waals surface area contributed by atoms with Crippen LogP contribution >= 0.6 is 11.3 Å². The number of carbonyl (C=O) groups is 1.